The third kappa shape index (κ3) is 4.01. The molecule has 4 rings (SSSR count). The molecular formula is C24H25NO5. The second-order valence-electron chi connectivity index (χ2n) is 7.67. The molecule has 156 valence electrons. The monoisotopic (exact) mass is 407 g/mol. The Labute approximate surface area is 174 Å². The van der Waals surface area contributed by atoms with Crippen LogP contribution >= 0.6 is 0 Å². The molecule has 30 heavy (non-hydrogen) atoms. The molecule has 0 spiro atoms. The molecule has 0 unspecified atom stereocenters. The first-order chi connectivity index (χ1) is 14.6. The van der Waals surface area contributed by atoms with Gasteiger partial charge in [0.05, 0.1) is 24.2 Å². The number of rotatable bonds is 6. The number of morpholine rings is 1. The maximum Gasteiger partial charge on any atom is 0.343 e. The fourth-order valence-corrected chi connectivity index (χ4v) is 4.21. The fraction of sp³-hybridized carbons (Fsp3) is 0.333. The first kappa shape index (κ1) is 20.3. The summed E-state index contributed by atoms with van der Waals surface area (Å²) in [6.07, 6.45) is 0. The van der Waals surface area contributed by atoms with Crippen molar-refractivity contribution in [3.8, 4) is 5.75 Å². The molecule has 6 nitrogen and oxygen atoms in total. The largest absolute Gasteiger partial charge is 0.507 e. The van der Waals surface area contributed by atoms with E-state index >= 15 is 0 Å². The minimum atomic E-state index is -0.618. The maximum atomic E-state index is 13.0. The standard InChI is InChI=1S/C24H25NO5/c1-16(26)19(15-25-11-13-29-14-12-25)21(17-7-3-2-4-8-17)22-23(27)18-9-5-6-10-20(18)30-24(22)28/h2-10,19,21,27H,11-15H2,1H3/t19-,21-/m0/s1. The van der Waals surface area contributed by atoms with E-state index in [9.17, 15) is 14.7 Å². The van der Waals surface area contributed by atoms with Crippen LogP contribution in [0.5, 0.6) is 5.75 Å². The zero-order valence-corrected chi connectivity index (χ0v) is 16.9. The Kier molecular flexibility index (Phi) is 5.97. The van der Waals surface area contributed by atoms with Crippen LogP contribution in [-0.4, -0.2) is 48.6 Å². The van der Waals surface area contributed by atoms with Gasteiger partial charge in [-0.3, -0.25) is 9.69 Å². The molecule has 2 aromatic carbocycles. The Hall–Kier alpha value is -2.96. The van der Waals surface area contributed by atoms with E-state index in [-0.39, 0.29) is 17.1 Å². The second-order valence-corrected chi connectivity index (χ2v) is 7.67. The average Bonchev–Trinajstić information content (AvgIpc) is 2.76. The highest BCUT2D eigenvalue weighted by atomic mass is 16.5. The van der Waals surface area contributed by atoms with Gasteiger partial charge in [0.15, 0.2) is 0 Å². The van der Waals surface area contributed by atoms with Gasteiger partial charge in [0.1, 0.15) is 17.1 Å². The first-order valence-corrected chi connectivity index (χ1v) is 10.2. The van der Waals surface area contributed by atoms with Crippen LogP contribution < -0.4 is 5.63 Å². The lowest BCUT2D eigenvalue weighted by atomic mass is 9.78. The highest BCUT2D eigenvalue weighted by Crippen LogP contribution is 2.39. The predicted molar refractivity (Wildman–Crippen MR) is 114 cm³/mol. The lowest BCUT2D eigenvalue weighted by Gasteiger charge is -2.33. The molecule has 6 heteroatoms. The molecule has 1 N–H and O–H groups in total. The zero-order chi connectivity index (χ0) is 21.1. The number of hydrogen-bond donors (Lipinski definition) is 1. The summed E-state index contributed by atoms with van der Waals surface area (Å²) < 4.78 is 11.0. The van der Waals surface area contributed by atoms with E-state index < -0.39 is 17.5 Å². The fourth-order valence-electron chi connectivity index (χ4n) is 4.21. The Morgan fingerprint density at radius 2 is 1.73 bits per heavy atom. The van der Waals surface area contributed by atoms with E-state index in [0.29, 0.717) is 30.7 Å². The Balaban J connectivity index is 1.87. The maximum absolute atomic E-state index is 13.0. The summed E-state index contributed by atoms with van der Waals surface area (Å²) in [4.78, 5) is 28.0. The van der Waals surface area contributed by atoms with Gasteiger partial charge >= 0.3 is 5.63 Å². The van der Waals surface area contributed by atoms with E-state index in [1.54, 1.807) is 31.2 Å². The van der Waals surface area contributed by atoms with Crippen molar-refractivity contribution in [2.45, 2.75) is 12.8 Å². The van der Waals surface area contributed by atoms with Crippen LogP contribution in [0.4, 0.5) is 0 Å². The van der Waals surface area contributed by atoms with Crippen molar-refractivity contribution in [3.05, 3.63) is 76.1 Å². The molecule has 0 bridgehead atoms. The van der Waals surface area contributed by atoms with E-state index in [1.165, 1.54) is 0 Å². The van der Waals surface area contributed by atoms with Crippen LogP contribution in [0.2, 0.25) is 0 Å². The highest BCUT2D eigenvalue weighted by Gasteiger charge is 2.35. The SMILES string of the molecule is CC(=O)[C@H](CN1CCOCC1)[C@H](c1ccccc1)c1c(O)c2ccccc2oc1=O. The van der Waals surface area contributed by atoms with Gasteiger partial charge in [-0.25, -0.2) is 4.79 Å². The molecule has 0 radical (unpaired) electrons. The summed E-state index contributed by atoms with van der Waals surface area (Å²) in [7, 11) is 0. The molecule has 3 aromatic rings. The smallest absolute Gasteiger partial charge is 0.343 e. The van der Waals surface area contributed by atoms with Gasteiger partial charge in [-0.15, -0.1) is 0 Å². The van der Waals surface area contributed by atoms with Crippen molar-refractivity contribution in [1.29, 1.82) is 0 Å². The highest BCUT2D eigenvalue weighted by molar-refractivity contribution is 5.86. The van der Waals surface area contributed by atoms with E-state index in [4.69, 9.17) is 9.15 Å². The number of para-hydroxylation sites is 1. The average molecular weight is 407 g/mol. The molecule has 2 atom stereocenters. The first-order valence-electron chi connectivity index (χ1n) is 10.2. The molecule has 1 fully saturated rings. The third-order valence-corrected chi connectivity index (χ3v) is 5.77. The summed E-state index contributed by atoms with van der Waals surface area (Å²) in [6, 6.07) is 16.3. The number of benzene rings is 2. The number of nitrogens with zero attached hydrogens (tertiary/aromatic N) is 1. The van der Waals surface area contributed by atoms with Gasteiger partial charge in [-0.05, 0) is 24.6 Å². The Bertz CT molecular complexity index is 1090. The minimum Gasteiger partial charge on any atom is -0.507 e. The quantitative estimate of drug-likeness (QED) is 0.633. The Morgan fingerprint density at radius 3 is 2.43 bits per heavy atom. The number of carbonyl (C=O) groups is 1. The minimum absolute atomic E-state index is 0.0395. The number of Topliss-reactive ketones (excluding diaryl/α,β-unsaturated/α-hetero) is 1. The van der Waals surface area contributed by atoms with Crippen molar-refractivity contribution < 1.29 is 19.1 Å². The molecule has 0 saturated carbocycles. The summed E-state index contributed by atoms with van der Waals surface area (Å²) in [5.74, 6) is -1.29. The normalized spacial score (nSPS) is 17.0. The number of fused-ring (bicyclic) bond motifs is 1. The van der Waals surface area contributed by atoms with Crippen molar-refractivity contribution in [2.24, 2.45) is 5.92 Å². The van der Waals surface area contributed by atoms with E-state index in [2.05, 4.69) is 4.90 Å². The van der Waals surface area contributed by atoms with Crippen LogP contribution in [-0.2, 0) is 9.53 Å². The molecule has 1 aliphatic rings. The van der Waals surface area contributed by atoms with Crippen molar-refractivity contribution in [3.63, 3.8) is 0 Å². The lowest BCUT2D eigenvalue weighted by Crippen LogP contribution is -2.43. The lowest BCUT2D eigenvalue weighted by molar-refractivity contribution is -0.122. The van der Waals surface area contributed by atoms with Gasteiger partial charge in [0.25, 0.3) is 0 Å². The molecule has 1 saturated heterocycles. The summed E-state index contributed by atoms with van der Waals surface area (Å²) in [6.45, 7) is 4.70. The summed E-state index contributed by atoms with van der Waals surface area (Å²) in [5, 5.41) is 11.6. The van der Waals surface area contributed by atoms with Gasteiger partial charge < -0.3 is 14.3 Å². The van der Waals surface area contributed by atoms with E-state index in [0.717, 1.165) is 18.7 Å². The number of hydrogen-bond acceptors (Lipinski definition) is 6. The van der Waals surface area contributed by atoms with Gasteiger partial charge in [-0.2, -0.15) is 0 Å². The molecule has 0 amide bonds. The van der Waals surface area contributed by atoms with Crippen LogP contribution in [0.15, 0.2) is 63.8 Å². The number of aromatic hydroxyl groups is 1. The second kappa shape index (κ2) is 8.81. The van der Waals surface area contributed by atoms with Gasteiger partial charge in [0, 0.05) is 31.5 Å². The molecule has 0 aliphatic carbocycles. The van der Waals surface area contributed by atoms with Crippen LogP contribution in [0.25, 0.3) is 11.0 Å². The van der Waals surface area contributed by atoms with Crippen molar-refractivity contribution in [1.82, 2.24) is 4.90 Å². The van der Waals surface area contributed by atoms with Crippen LogP contribution in [0.1, 0.15) is 24.0 Å². The number of carbonyl (C=O) groups excluding carboxylic acids is 1. The Morgan fingerprint density at radius 1 is 1.07 bits per heavy atom. The topological polar surface area (TPSA) is 80.0 Å². The van der Waals surface area contributed by atoms with Crippen LogP contribution in [0.3, 0.4) is 0 Å². The molecule has 2 heterocycles. The van der Waals surface area contributed by atoms with Gasteiger partial charge in [-0.1, -0.05) is 42.5 Å². The number of ketones is 1. The van der Waals surface area contributed by atoms with Crippen molar-refractivity contribution >= 4 is 16.8 Å². The summed E-state index contributed by atoms with van der Waals surface area (Å²) >= 11 is 0. The third-order valence-electron chi connectivity index (χ3n) is 5.77. The van der Waals surface area contributed by atoms with Gasteiger partial charge in [0.2, 0.25) is 0 Å². The molecular weight excluding hydrogens is 382 g/mol. The molecule has 1 aliphatic heterocycles. The summed E-state index contributed by atoms with van der Waals surface area (Å²) in [5.41, 5.74) is 0.633. The van der Waals surface area contributed by atoms with Crippen LogP contribution in [0, 0.1) is 5.92 Å². The number of ether oxygens (including phenoxy) is 1. The molecule has 1 aromatic heterocycles. The predicted octanol–water partition coefficient (Wildman–Crippen LogP) is 3.17. The zero-order valence-electron chi connectivity index (χ0n) is 16.9. The van der Waals surface area contributed by atoms with E-state index in [1.807, 2.05) is 30.3 Å². The van der Waals surface area contributed by atoms with Crippen molar-refractivity contribution in [2.75, 3.05) is 32.8 Å².